The van der Waals surface area contributed by atoms with E-state index < -0.39 is 42.5 Å². The fourth-order valence-corrected chi connectivity index (χ4v) is 4.45. The Labute approximate surface area is 151 Å². The molecule has 1 heterocycles. The zero-order valence-electron chi connectivity index (χ0n) is 12.6. The molecule has 3 fully saturated rings. The number of halogens is 1. The molecule has 0 amide bonds. The molecule has 3 rings (SSSR count). The molecule has 1 saturated heterocycles. The van der Waals surface area contributed by atoms with Crippen LogP contribution in [0.2, 0.25) is 0 Å². The molecule has 8 nitrogen and oxygen atoms in total. The summed E-state index contributed by atoms with van der Waals surface area (Å²) in [5, 5.41) is 19.5. The summed E-state index contributed by atoms with van der Waals surface area (Å²) in [4.78, 5) is 35.2. The predicted octanol–water partition coefficient (Wildman–Crippen LogP) is 0.261. The minimum absolute atomic E-state index is 0.183. The van der Waals surface area contributed by atoms with Crippen LogP contribution in [0, 0.1) is 17.8 Å². The minimum Gasteiger partial charge on any atom is -0.479 e. The van der Waals surface area contributed by atoms with E-state index in [0.717, 1.165) is 0 Å². The highest BCUT2D eigenvalue weighted by Crippen LogP contribution is 2.62. The highest BCUT2D eigenvalue weighted by atomic mass is 127. The molecule has 2 aliphatic carbocycles. The summed E-state index contributed by atoms with van der Waals surface area (Å²) < 4.78 is 15.8. The monoisotopic (exact) mass is 452 g/mol. The first-order valence-electron chi connectivity index (χ1n) is 7.50. The van der Waals surface area contributed by atoms with E-state index in [1.165, 1.54) is 0 Å². The van der Waals surface area contributed by atoms with Crippen LogP contribution in [-0.2, 0) is 28.6 Å². The smallest absolute Gasteiger partial charge is 0.344 e. The van der Waals surface area contributed by atoms with Crippen LogP contribution < -0.4 is 0 Å². The highest BCUT2D eigenvalue weighted by molar-refractivity contribution is 14.1. The number of aliphatic hydroxyl groups excluding tert-OH is 1. The molecule has 0 radical (unpaired) electrons. The highest BCUT2D eigenvalue weighted by Gasteiger charge is 2.75. The molecule has 1 aliphatic heterocycles. The second-order valence-corrected chi connectivity index (χ2v) is 7.10. The lowest BCUT2D eigenvalue weighted by Gasteiger charge is -2.34. The van der Waals surface area contributed by atoms with Gasteiger partial charge >= 0.3 is 17.9 Å². The van der Waals surface area contributed by atoms with Crippen molar-refractivity contribution in [2.75, 3.05) is 11.0 Å². The van der Waals surface area contributed by atoms with Crippen molar-refractivity contribution in [2.24, 2.45) is 17.8 Å². The van der Waals surface area contributed by atoms with E-state index >= 15 is 0 Å². The Morgan fingerprint density at radius 2 is 2.04 bits per heavy atom. The number of aliphatic carboxylic acids is 1. The number of carboxylic acid groups (broad SMARTS) is 1. The van der Waals surface area contributed by atoms with Crippen molar-refractivity contribution < 1.29 is 38.8 Å². The van der Waals surface area contributed by atoms with Gasteiger partial charge in [-0.3, -0.25) is 0 Å². The lowest BCUT2D eigenvalue weighted by Crippen LogP contribution is -2.55. The van der Waals surface area contributed by atoms with Gasteiger partial charge in [0.05, 0.1) is 0 Å². The Balaban J connectivity index is 1.67. The Morgan fingerprint density at radius 3 is 2.67 bits per heavy atom. The topological polar surface area (TPSA) is 119 Å². The second kappa shape index (κ2) is 6.26. The molecule has 132 valence electrons. The van der Waals surface area contributed by atoms with Gasteiger partial charge in [-0.25, -0.2) is 14.4 Å². The maximum atomic E-state index is 12.0. The summed E-state index contributed by atoms with van der Waals surface area (Å²) in [5.74, 6) is -3.60. The summed E-state index contributed by atoms with van der Waals surface area (Å²) in [6.45, 7) is 2.88. The predicted molar refractivity (Wildman–Crippen MR) is 86.0 cm³/mol. The molecule has 2 bridgehead atoms. The molecule has 0 spiro atoms. The van der Waals surface area contributed by atoms with Crippen LogP contribution in [0.3, 0.4) is 0 Å². The summed E-state index contributed by atoms with van der Waals surface area (Å²) in [7, 11) is 0. The number of esters is 2. The molecule has 0 aromatic carbocycles. The van der Waals surface area contributed by atoms with Gasteiger partial charge < -0.3 is 24.4 Å². The molecule has 0 aromatic heterocycles. The van der Waals surface area contributed by atoms with E-state index in [0.29, 0.717) is 17.3 Å². The van der Waals surface area contributed by atoms with Crippen molar-refractivity contribution in [1.29, 1.82) is 0 Å². The van der Waals surface area contributed by atoms with E-state index in [-0.39, 0.29) is 23.3 Å². The lowest BCUT2D eigenvalue weighted by molar-refractivity contribution is -0.210. The summed E-state index contributed by atoms with van der Waals surface area (Å²) >= 11 is 1.94. The van der Waals surface area contributed by atoms with E-state index in [2.05, 4.69) is 6.58 Å². The van der Waals surface area contributed by atoms with Crippen molar-refractivity contribution >= 4 is 40.5 Å². The number of hydrogen-bond acceptors (Lipinski definition) is 7. The Morgan fingerprint density at radius 1 is 1.33 bits per heavy atom. The van der Waals surface area contributed by atoms with E-state index in [1.54, 1.807) is 0 Å². The van der Waals surface area contributed by atoms with Gasteiger partial charge in [-0.1, -0.05) is 29.2 Å². The van der Waals surface area contributed by atoms with Gasteiger partial charge in [-0.15, -0.1) is 0 Å². The molecule has 0 aromatic rings. The summed E-state index contributed by atoms with van der Waals surface area (Å²) in [6.07, 6.45) is -1.08. The largest absolute Gasteiger partial charge is 0.479 e. The molecule has 9 heteroatoms. The maximum Gasteiger partial charge on any atom is 0.344 e. The van der Waals surface area contributed by atoms with Gasteiger partial charge in [0, 0.05) is 27.8 Å². The minimum atomic E-state index is -1.71. The number of carbonyl (C=O) groups excluding carboxylic acids is 2. The third-order valence-electron chi connectivity index (χ3n) is 5.10. The molecule has 24 heavy (non-hydrogen) atoms. The number of aliphatic hydroxyl groups is 1. The van der Waals surface area contributed by atoms with Crippen LogP contribution >= 0.6 is 22.6 Å². The standard InChI is InChI=1S/C15H17IO8/c1-6(4-16)12(18)22-5-10(17)23-11-7-2-8-9(3-7)15(11,14(20)21)24-13(8)19/h7-9,11,13,19H,1-5H2,(H,20,21). The Hall–Kier alpha value is -1.20. The molecule has 6 unspecified atom stereocenters. The number of ether oxygens (including phenoxy) is 3. The SMILES string of the molecule is C=C(CI)C(=O)OCC(=O)OC1C2CC3C(O)OC1(C(=O)O)C3C2. The van der Waals surface area contributed by atoms with Crippen molar-refractivity contribution in [3.63, 3.8) is 0 Å². The number of carbonyl (C=O) groups is 3. The van der Waals surface area contributed by atoms with E-state index in [9.17, 15) is 24.6 Å². The third kappa shape index (κ3) is 2.53. The van der Waals surface area contributed by atoms with Crippen molar-refractivity contribution in [2.45, 2.75) is 30.8 Å². The fourth-order valence-electron chi connectivity index (χ4n) is 4.14. The maximum absolute atomic E-state index is 12.0. The average Bonchev–Trinajstić information content (AvgIpc) is 3.15. The molecule has 3 aliphatic rings. The number of hydrogen-bond donors (Lipinski definition) is 2. The van der Waals surface area contributed by atoms with E-state index in [1.807, 2.05) is 22.6 Å². The first-order valence-corrected chi connectivity index (χ1v) is 9.03. The first kappa shape index (κ1) is 17.6. The third-order valence-corrected chi connectivity index (χ3v) is 6.02. The number of rotatable bonds is 6. The normalized spacial score (nSPS) is 38.8. The zero-order valence-corrected chi connectivity index (χ0v) is 14.8. The summed E-state index contributed by atoms with van der Waals surface area (Å²) in [6, 6.07) is 0. The second-order valence-electron chi connectivity index (χ2n) is 6.33. The Bertz CT molecular complexity index is 604. The van der Waals surface area contributed by atoms with Crippen LogP contribution in [-0.4, -0.2) is 57.2 Å². The fraction of sp³-hybridized carbons (Fsp3) is 0.667. The molecular weight excluding hydrogens is 435 g/mol. The van der Waals surface area contributed by atoms with Crippen molar-refractivity contribution in [1.82, 2.24) is 0 Å². The van der Waals surface area contributed by atoms with Crippen LogP contribution in [0.25, 0.3) is 0 Å². The molecule has 2 N–H and O–H groups in total. The van der Waals surface area contributed by atoms with Gasteiger partial charge in [0.15, 0.2) is 12.9 Å². The molecule has 6 atom stereocenters. The van der Waals surface area contributed by atoms with Crippen LogP contribution in [0.5, 0.6) is 0 Å². The van der Waals surface area contributed by atoms with Gasteiger partial charge in [0.2, 0.25) is 5.60 Å². The quantitative estimate of drug-likeness (QED) is 0.255. The summed E-state index contributed by atoms with van der Waals surface area (Å²) in [5.41, 5.74) is -1.49. The Kier molecular flexibility index (Phi) is 4.60. The number of carboxylic acids is 1. The number of alkyl halides is 1. The van der Waals surface area contributed by atoms with Gasteiger partial charge in [-0.05, 0) is 12.8 Å². The van der Waals surface area contributed by atoms with Gasteiger partial charge in [0.25, 0.3) is 0 Å². The zero-order chi connectivity index (χ0) is 17.6. The van der Waals surface area contributed by atoms with E-state index in [4.69, 9.17) is 14.2 Å². The first-order chi connectivity index (χ1) is 11.3. The number of fused-ring (bicyclic) bond motifs is 1. The van der Waals surface area contributed by atoms with Crippen LogP contribution in [0.15, 0.2) is 12.2 Å². The van der Waals surface area contributed by atoms with Crippen molar-refractivity contribution in [3.05, 3.63) is 12.2 Å². The van der Waals surface area contributed by atoms with Crippen molar-refractivity contribution in [3.8, 4) is 0 Å². The van der Waals surface area contributed by atoms with Crippen LogP contribution in [0.1, 0.15) is 12.8 Å². The van der Waals surface area contributed by atoms with Gasteiger partial charge in [0.1, 0.15) is 6.10 Å². The lowest BCUT2D eigenvalue weighted by atomic mass is 9.78. The molecule has 2 saturated carbocycles. The molecular formula is C15H17IO8. The van der Waals surface area contributed by atoms with Crippen LogP contribution in [0.4, 0.5) is 0 Å². The van der Waals surface area contributed by atoms with Gasteiger partial charge in [-0.2, -0.15) is 0 Å². The average molecular weight is 452 g/mol.